The van der Waals surface area contributed by atoms with Crippen LogP contribution in [0.15, 0.2) is 48.8 Å². The van der Waals surface area contributed by atoms with Crippen molar-refractivity contribution in [2.45, 2.75) is 19.4 Å². The Hall–Kier alpha value is -1.87. The molecule has 3 nitrogen and oxygen atoms in total. The lowest BCUT2D eigenvalue weighted by atomic mass is 10.1. The number of ether oxygens (including phenoxy) is 1. The van der Waals surface area contributed by atoms with E-state index in [0.29, 0.717) is 6.54 Å². The van der Waals surface area contributed by atoms with Crippen LogP contribution in [0.2, 0.25) is 0 Å². The fourth-order valence-electron chi connectivity index (χ4n) is 1.64. The highest BCUT2D eigenvalue weighted by molar-refractivity contribution is 5.64. The number of hydrogen-bond donors (Lipinski definition) is 1. The third kappa shape index (κ3) is 3.08. The highest BCUT2D eigenvalue weighted by Gasteiger charge is 2.17. The van der Waals surface area contributed by atoms with E-state index < -0.39 is 0 Å². The van der Waals surface area contributed by atoms with Crippen molar-refractivity contribution in [2.75, 3.05) is 6.54 Å². The molecule has 0 aliphatic carbocycles. The Morgan fingerprint density at radius 1 is 1.11 bits per heavy atom. The molecule has 0 unspecified atom stereocenters. The molecule has 0 radical (unpaired) electrons. The molecule has 0 amide bonds. The summed E-state index contributed by atoms with van der Waals surface area (Å²) in [6.07, 6.45) is 3.57. The van der Waals surface area contributed by atoms with Crippen LogP contribution in [0.4, 0.5) is 0 Å². The molecule has 1 heterocycles. The summed E-state index contributed by atoms with van der Waals surface area (Å²) in [4.78, 5) is 4.02. The minimum Gasteiger partial charge on any atom is -0.487 e. The first-order chi connectivity index (χ1) is 8.61. The molecular weight excluding hydrogens is 224 g/mol. The lowest BCUT2D eigenvalue weighted by Crippen LogP contribution is -2.37. The highest BCUT2D eigenvalue weighted by atomic mass is 16.5. The number of hydrogen-bond acceptors (Lipinski definition) is 3. The molecule has 94 valence electrons. The number of benzene rings is 1. The Labute approximate surface area is 108 Å². The van der Waals surface area contributed by atoms with Crippen LogP contribution in [-0.4, -0.2) is 17.1 Å². The highest BCUT2D eigenvalue weighted by Crippen LogP contribution is 2.25. The molecule has 2 rings (SSSR count). The Kier molecular flexibility index (Phi) is 3.63. The van der Waals surface area contributed by atoms with E-state index in [1.807, 2.05) is 44.2 Å². The zero-order valence-corrected chi connectivity index (χ0v) is 10.8. The normalized spacial score (nSPS) is 11.3. The molecule has 0 spiro atoms. The summed E-state index contributed by atoms with van der Waals surface area (Å²) >= 11 is 0. The van der Waals surface area contributed by atoms with E-state index in [-0.39, 0.29) is 5.60 Å². The van der Waals surface area contributed by atoms with E-state index in [4.69, 9.17) is 10.5 Å². The lowest BCUT2D eigenvalue weighted by Gasteiger charge is -2.24. The first kappa shape index (κ1) is 12.6. The molecule has 1 aromatic carbocycles. The van der Waals surface area contributed by atoms with Crippen molar-refractivity contribution in [3.8, 4) is 16.9 Å². The van der Waals surface area contributed by atoms with Crippen molar-refractivity contribution >= 4 is 0 Å². The van der Waals surface area contributed by atoms with Gasteiger partial charge >= 0.3 is 0 Å². The molecular formula is C15H18N2O. The maximum atomic E-state index is 5.87. The van der Waals surface area contributed by atoms with Crippen LogP contribution in [0.25, 0.3) is 11.1 Å². The molecule has 1 aromatic heterocycles. The Bertz CT molecular complexity index is 509. The molecule has 0 saturated heterocycles. The maximum Gasteiger partial charge on any atom is 0.120 e. The summed E-state index contributed by atoms with van der Waals surface area (Å²) < 4.78 is 5.87. The average Bonchev–Trinajstić information content (AvgIpc) is 2.40. The predicted octanol–water partition coefficient (Wildman–Crippen LogP) is 2.86. The number of nitrogens with two attached hydrogens (primary N) is 1. The third-order valence-corrected chi connectivity index (χ3v) is 2.73. The maximum absolute atomic E-state index is 5.87. The second-order valence-corrected chi connectivity index (χ2v) is 4.83. The van der Waals surface area contributed by atoms with Crippen LogP contribution in [0.1, 0.15) is 13.8 Å². The van der Waals surface area contributed by atoms with Gasteiger partial charge in [0, 0.05) is 18.9 Å². The molecule has 3 heteroatoms. The van der Waals surface area contributed by atoms with Crippen LogP contribution in [-0.2, 0) is 0 Å². The smallest absolute Gasteiger partial charge is 0.120 e. The van der Waals surface area contributed by atoms with Gasteiger partial charge in [0.2, 0.25) is 0 Å². The van der Waals surface area contributed by atoms with Crippen molar-refractivity contribution < 1.29 is 4.74 Å². The van der Waals surface area contributed by atoms with Crippen molar-refractivity contribution in [2.24, 2.45) is 5.73 Å². The molecule has 0 atom stereocenters. The van der Waals surface area contributed by atoms with Crippen LogP contribution in [0, 0.1) is 0 Å². The van der Waals surface area contributed by atoms with Gasteiger partial charge in [-0.2, -0.15) is 0 Å². The van der Waals surface area contributed by atoms with E-state index in [1.165, 1.54) is 0 Å². The van der Waals surface area contributed by atoms with E-state index in [1.54, 1.807) is 12.4 Å². The summed E-state index contributed by atoms with van der Waals surface area (Å²) in [5, 5.41) is 0. The quantitative estimate of drug-likeness (QED) is 0.896. The Balaban J connectivity index is 2.26. The standard InChI is InChI=1S/C15H18N2O/c1-15(2,11-16)18-14-5-3-4-13(10-14)12-6-8-17-9-7-12/h3-10H,11,16H2,1-2H3. The average molecular weight is 242 g/mol. The van der Waals surface area contributed by atoms with Crippen molar-refractivity contribution in [3.05, 3.63) is 48.8 Å². The van der Waals surface area contributed by atoms with E-state index >= 15 is 0 Å². The van der Waals surface area contributed by atoms with Crippen molar-refractivity contribution in [3.63, 3.8) is 0 Å². The largest absolute Gasteiger partial charge is 0.487 e. The van der Waals surface area contributed by atoms with Gasteiger partial charge in [0.1, 0.15) is 11.4 Å². The van der Waals surface area contributed by atoms with Crippen LogP contribution < -0.4 is 10.5 Å². The number of pyridine rings is 1. The van der Waals surface area contributed by atoms with Crippen LogP contribution in [0.3, 0.4) is 0 Å². The molecule has 2 aromatic rings. The minimum atomic E-state index is -0.350. The molecule has 0 fully saturated rings. The Morgan fingerprint density at radius 2 is 1.83 bits per heavy atom. The lowest BCUT2D eigenvalue weighted by molar-refractivity contribution is 0.119. The molecule has 0 aliphatic rings. The van der Waals surface area contributed by atoms with Gasteiger partial charge in [-0.05, 0) is 49.2 Å². The van der Waals surface area contributed by atoms with Gasteiger partial charge in [0.05, 0.1) is 0 Å². The second kappa shape index (κ2) is 5.19. The molecule has 0 bridgehead atoms. The summed E-state index contributed by atoms with van der Waals surface area (Å²) in [6.45, 7) is 4.44. The number of rotatable bonds is 4. The van der Waals surface area contributed by atoms with E-state index in [9.17, 15) is 0 Å². The summed E-state index contributed by atoms with van der Waals surface area (Å²) in [6, 6.07) is 12.0. The third-order valence-electron chi connectivity index (χ3n) is 2.73. The van der Waals surface area contributed by atoms with Gasteiger partial charge in [-0.1, -0.05) is 12.1 Å². The van der Waals surface area contributed by atoms with Gasteiger partial charge in [-0.3, -0.25) is 4.98 Å². The van der Waals surface area contributed by atoms with Crippen molar-refractivity contribution in [1.82, 2.24) is 4.98 Å². The van der Waals surface area contributed by atoms with Gasteiger partial charge < -0.3 is 10.5 Å². The SMILES string of the molecule is CC(C)(CN)Oc1cccc(-c2ccncc2)c1. The molecule has 0 aliphatic heterocycles. The first-order valence-corrected chi connectivity index (χ1v) is 6.00. The van der Waals surface area contributed by atoms with Gasteiger partial charge in [0.15, 0.2) is 0 Å². The van der Waals surface area contributed by atoms with Crippen LogP contribution >= 0.6 is 0 Å². The summed E-state index contributed by atoms with van der Waals surface area (Å²) in [5.74, 6) is 0.833. The minimum absolute atomic E-state index is 0.350. The number of nitrogens with zero attached hydrogens (tertiary/aromatic N) is 1. The van der Waals surface area contributed by atoms with Crippen molar-refractivity contribution in [1.29, 1.82) is 0 Å². The zero-order chi connectivity index (χ0) is 13.0. The summed E-state index contributed by atoms with van der Waals surface area (Å²) in [7, 11) is 0. The van der Waals surface area contributed by atoms with E-state index in [2.05, 4.69) is 11.1 Å². The van der Waals surface area contributed by atoms with Crippen LogP contribution in [0.5, 0.6) is 5.75 Å². The zero-order valence-electron chi connectivity index (χ0n) is 10.8. The second-order valence-electron chi connectivity index (χ2n) is 4.83. The molecule has 18 heavy (non-hydrogen) atoms. The predicted molar refractivity (Wildman–Crippen MR) is 73.4 cm³/mol. The fraction of sp³-hybridized carbons (Fsp3) is 0.267. The van der Waals surface area contributed by atoms with Gasteiger partial charge in [0.25, 0.3) is 0 Å². The fourth-order valence-corrected chi connectivity index (χ4v) is 1.64. The number of aromatic nitrogens is 1. The topological polar surface area (TPSA) is 48.1 Å². The summed E-state index contributed by atoms with van der Waals surface area (Å²) in [5.41, 5.74) is 7.56. The molecule has 0 saturated carbocycles. The van der Waals surface area contributed by atoms with Gasteiger partial charge in [-0.15, -0.1) is 0 Å². The Morgan fingerprint density at radius 3 is 2.50 bits per heavy atom. The van der Waals surface area contributed by atoms with E-state index in [0.717, 1.165) is 16.9 Å². The molecule has 2 N–H and O–H groups in total. The van der Waals surface area contributed by atoms with Gasteiger partial charge in [-0.25, -0.2) is 0 Å². The monoisotopic (exact) mass is 242 g/mol. The first-order valence-electron chi connectivity index (χ1n) is 6.00.